The first kappa shape index (κ1) is 7.38. The molecule has 2 aliphatic rings. The lowest BCUT2D eigenvalue weighted by molar-refractivity contribution is 0.638. The van der Waals surface area contributed by atoms with Gasteiger partial charge in [0.05, 0.1) is 17.4 Å². The monoisotopic (exact) mass is 176 g/mol. The minimum atomic E-state index is -0.238. The average Bonchev–Trinajstić information content (AvgIpc) is 2.99. The first-order chi connectivity index (χ1) is 6.28. The minimum absolute atomic E-state index is 0.238. The molecule has 0 aliphatic heterocycles. The van der Waals surface area contributed by atoms with Crippen molar-refractivity contribution in [1.29, 1.82) is 0 Å². The third kappa shape index (κ3) is 1.21. The van der Waals surface area contributed by atoms with Gasteiger partial charge in [-0.25, -0.2) is 4.98 Å². The van der Waals surface area contributed by atoms with Gasteiger partial charge in [0.25, 0.3) is 0 Å². The van der Waals surface area contributed by atoms with Crippen molar-refractivity contribution in [2.45, 2.75) is 37.1 Å². The number of nitrogens with zero attached hydrogens (tertiary/aromatic N) is 3. The lowest BCUT2D eigenvalue weighted by Gasteiger charge is -2.06. The van der Waals surface area contributed by atoms with Gasteiger partial charge in [0, 0.05) is 5.92 Å². The number of aromatic nitrogens is 3. The van der Waals surface area contributed by atoms with E-state index >= 15 is 0 Å². The Hall–Kier alpha value is -1.03. The van der Waals surface area contributed by atoms with Gasteiger partial charge in [0.15, 0.2) is 5.82 Å². The molecule has 0 atom stereocenters. The van der Waals surface area contributed by atoms with Crippen molar-refractivity contribution in [1.82, 2.24) is 15.2 Å². The zero-order chi connectivity index (χ0) is 8.89. The fourth-order valence-corrected chi connectivity index (χ4v) is 1.46. The maximum absolute atomic E-state index is 5.99. The van der Waals surface area contributed by atoms with Gasteiger partial charge in [-0.1, -0.05) is 0 Å². The second-order valence-electron chi connectivity index (χ2n) is 4.14. The molecule has 0 unspecified atom stereocenters. The third-order valence-electron chi connectivity index (χ3n) is 2.81. The van der Waals surface area contributed by atoms with E-state index in [0.29, 0.717) is 5.92 Å². The van der Waals surface area contributed by atoms with Gasteiger partial charge in [-0.15, -0.1) is 5.10 Å². The minimum Gasteiger partial charge on any atom is -0.319 e. The molecule has 68 valence electrons. The summed E-state index contributed by atoms with van der Waals surface area (Å²) < 4.78 is 0. The van der Waals surface area contributed by atoms with Crippen molar-refractivity contribution in [3.63, 3.8) is 0 Å². The normalized spacial score (nSPS) is 24.4. The molecule has 2 saturated carbocycles. The molecule has 2 fully saturated rings. The summed E-state index contributed by atoms with van der Waals surface area (Å²) in [5, 5.41) is 7.96. The van der Waals surface area contributed by atoms with Gasteiger partial charge < -0.3 is 5.73 Å². The van der Waals surface area contributed by atoms with Crippen molar-refractivity contribution in [2.24, 2.45) is 5.73 Å². The largest absolute Gasteiger partial charge is 0.319 e. The first-order valence-electron chi connectivity index (χ1n) is 4.77. The molecule has 0 spiro atoms. The Morgan fingerprint density at radius 3 is 2.77 bits per heavy atom. The van der Waals surface area contributed by atoms with Crippen LogP contribution in [0.4, 0.5) is 0 Å². The van der Waals surface area contributed by atoms with E-state index < -0.39 is 0 Å². The number of hydrogen-bond donors (Lipinski definition) is 1. The van der Waals surface area contributed by atoms with Gasteiger partial charge in [0.1, 0.15) is 0 Å². The fraction of sp³-hybridized carbons (Fsp3) is 0.667. The van der Waals surface area contributed by atoms with Crippen LogP contribution >= 0.6 is 0 Å². The Labute approximate surface area is 76.6 Å². The van der Waals surface area contributed by atoms with E-state index in [0.717, 1.165) is 24.4 Å². The Bertz CT molecular complexity index is 341. The topological polar surface area (TPSA) is 64.7 Å². The third-order valence-corrected chi connectivity index (χ3v) is 2.81. The summed E-state index contributed by atoms with van der Waals surface area (Å²) in [6.45, 7) is 0. The molecular weight excluding hydrogens is 164 g/mol. The molecule has 1 heterocycles. The van der Waals surface area contributed by atoms with Gasteiger partial charge in [-0.05, 0) is 25.7 Å². The summed E-state index contributed by atoms with van der Waals surface area (Å²) in [5.41, 5.74) is 6.84. The molecule has 0 amide bonds. The number of hydrogen-bond acceptors (Lipinski definition) is 4. The predicted molar refractivity (Wildman–Crippen MR) is 46.9 cm³/mol. The van der Waals surface area contributed by atoms with E-state index in [2.05, 4.69) is 15.2 Å². The highest BCUT2D eigenvalue weighted by molar-refractivity contribution is 5.18. The van der Waals surface area contributed by atoms with E-state index in [1.54, 1.807) is 6.20 Å². The Balaban J connectivity index is 1.96. The van der Waals surface area contributed by atoms with Gasteiger partial charge in [-0.2, -0.15) is 5.10 Å². The Morgan fingerprint density at radius 2 is 2.15 bits per heavy atom. The van der Waals surface area contributed by atoms with Crippen LogP contribution in [0.3, 0.4) is 0 Å². The van der Waals surface area contributed by atoms with Crippen LogP contribution in [0.15, 0.2) is 6.20 Å². The molecule has 2 aliphatic carbocycles. The maximum atomic E-state index is 5.99. The Morgan fingerprint density at radius 1 is 1.38 bits per heavy atom. The molecule has 0 saturated heterocycles. The Kier molecular flexibility index (Phi) is 1.28. The molecule has 3 rings (SSSR count). The highest BCUT2D eigenvalue weighted by Crippen LogP contribution is 2.42. The maximum Gasteiger partial charge on any atom is 0.171 e. The van der Waals surface area contributed by atoms with Gasteiger partial charge >= 0.3 is 0 Å². The van der Waals surface area contributed by atoms with E-state index in [4.69, 9.17) is 5.73 Å². The van der Waals surface area contributed by atoms with Crippen molar-refractivity contribution in [3.8, 4) is 0 Å². The average molecular weight is 176 g/mol. The van der Waals surface area contributed by atoms with Crippen LogP contribution in [-0.2, 0) is 5.54 Å². The summed E-state index contributed by atoms with van der Waals surface area (Å²) in [7, 11) is 0. The number of nitrogens with two attached hydrogens (primary N) is 1. The van der Waals surface area contributed by atoms with Crippen LogP contribution in [0.2, 0.25) is 0 Å². The van der Waals surface area contributed by atoms with Crippen LogP contribution in [0.5, 0.6) is 0 Å². The summed E-state index contributed by atoms with van der Waals surface area (Å²) in [4.78, 5) is 4.47. The lowest BCUT2D eigenvalue weighted by atomic mass is 10.2. The molecule has 13 heavy (non-hydrogen) atoms. The molecule has 2 N–H and O–H groups in total. The second kappa shape index (κ2) is 2.26. The summed E-state index contributed by atoms with van der Waals surface area (Å²) in [6.07, 6.45) is 6.27. The molecule has 0 radical (unpaired) electrons. The number of rotatable bonds is 2. The summed E-state index contributed by atoms with van der Waals surface area (Å²) in [6, 6.07) is 0. The van der Waals surface area contributed by atoms with Crippen LogP contribution in [-0.4, -0.2) is 15.2 Å². The van der Waals surface area contributed by atoms with Crippen LogP contribution in [0.25, 0.3) is 0 Å². The van der Waals surface area contributed by atoms with Crippen molar-refractivity contribution >= 4 is 0 Å². The molecule has 1 aromatic heterocycles. The SMILES string of the molecule is NC1(c2nncc(C3CC3)n2)CC1. The fourth-order valence-electron chi connectivity index (χ4n) is 1.46. The van der Waals surface area contributed by atoms with E-state index in [1.807, 2.05) is 0 Å². The molecule has 0 bridgehead atoms. The molecule has 4 heteroatoms. The van der Waals surface area contributed by atoms with Crippen LogP contribution < -0.4 is 5.73 Å². The first-order valence-corrected chi connectivity index (χ1v) is 4.77. The van der Waals surface area contributed by atoms with Gasteiger partial charge in [-0.3, -0.25) is 0 Å². The second-order valence-corrected chi connectivity index (χ2v) is 4.14. The molecule has 0 aromatic carbocycles. The molecule has 1 aromatic rings. The predicted octanol–water partition coefficient (Wildman–Crippen LogP) is 0.697. The zero-order valence-electron chi connectivity index (χ0n) is 7.40. The van der Waals surface area contributed by atoms with Crippen molar-refractivity contribution < 1.29 is 0 Å². The zero-order valence-corrected chi connectivity index (χ0v) is 7.40. The van der Waals surface area contributed by atoms with E-state index in [-0.39, 0.29) is 5.54 Å². The molecular formula is C9H12N4. The van der Waals surface area contributed by atoms with Crippen molar-refractivity contribution in [3.05, 3.63) is 17.7 Å². The van der Waals surface area contributed by atoms with E-state index in [1.165, 1.54) is 12.8 Å². The summed E-state index contributed by atoms with van der Waals surface area (Å²) >= 11 is 0. The highest BCUT2D eigenvalue weighted by Gasteiger charge is 2.44. The van der Waals surface area contributed by atoms with Crippen LogP contribution in [0.1, 0.15) is 43.1 Å². The van der Waals surface area contributed by atoms with Gasteiger partial charge in [0.2, 0.25) is 0 Å². The van der Waals surface area contributed by atoms with E-state index in [9.17, 15) is 0 Å². The highest BCUT2D eigenvalue weighted by atomic mass is 15.2. The quantitative estimate of drug-likeness (QED) is 0.720. The van der Waals surface area contributed by atoms with Crippen molar-refractivity contribution in [2.75, 3.05) is 0 Å². The lowest BCUT2D eigenvalue weighted by Crippen LogP contribution is -2.23. The smallest absolute Gasteiger partial charge is 0.171 e. The summed E-state index contributed by atoms with van der Waals surface area (Å²) in [5.74, 6) is 1.38. The molecule has 4 nitrogen and oxygen atoms in total. The standard InChI is InChI=1S/C9H12N4/c10-9(3-4-9)8-12-7(5-11-13-8)6-1-2-6/h5-6H,1-4,10H2. The van der Waals surface area contributed by atoms with Crippen LogP contribution in [0, 0.1) is 0 Å².